The lowest BCUT2D eigenvalue weighted by Gasteiger charge is -2.37. The van der Waals surface area contributed by atoms with Crippen molar-refractivity contribution in [3.05, 3.63) is 16.1 Å². The number of aromatic nitrogens is 1. The van der Waals surface area contributed by atoms with Crippen molar-refractivity contribution in [3.63, 3.8) is 0 Å². The van der Waals surface area contributed by atoms with Crippen LogP contribution in [0.4, 0.5) is 0 Å². The Hall–Kier alpha value is -0.410. The Balaban J connectivity index is 2.02. The molecule has 3 heteroatoms. The van der Waals surface area contributed by atoms with Gasteiger partial charge < -0.3 is 5.32 Å². The first-order valence-corrected chi connectivity index (χ1v) is 8.53. The maximum atomic E-state index is 4.67. The van der Waals surface area contributed by atoms with E-state index in [1.54, 1.807) is 0 Å². The molecule has 1 heterocycles. The standard InChI is InChI=1S/C16H28N2S/c1-11(2)13-5-6-14(9-17-4)15(7-13)8-16-18-12(3)10-19-16/h10-11,13-15,17H,5-9H2,1-4H3. The summed E-state index contributed by atoms with van der Waals surface area (Å²) in [5.41, 5.74) is 1.18. The molecule has 108 valence electrons. The van der Waals surface area contributed by atoms with Gasteiger partial charge in [0.1, 0.15) is 0 Å². The van der Waals surface area contributed by atoms with Crippen molar-refractivity contribution in [3.8, 4) is 0 Å². The zero-order valence-corrected chi connectivity index (χ0v) is 13.6. The molecule has 0 saturated heterocycles. The first-order valence-electron chi connectivity index (χ1n) is 7.65. The van der Waals surface area contributed by atoms with Gasteiger partial charge in [-0.25, -0.2) is 4.98 Å². The third kappa shape index (κ3) is 4.03. The highest BCUT2D eigenvalue weighted by atomic mass is 32.1. The SMILES string of the molecule is CNCC1CCC(C(C)C)CC1Cc1nc(C)cs1. The van der Waals surface area contributed by atoms with Crippen molar-refractivity contribution < 1.29 is 0 Å². The minimum absolute atomic E-state index is 0.819. The van der Waals surface area contributed by atoms with Crippen LogP contribution in [0.5, 0.6) is 0 Å². The maximum absolute atomic E-state index is 4.67. The Morgan fingerprint density at radius 2 is 2.16 bits per heavy atom. The van der Waals surface area contributed by atoms with Gasteiger partial charge in [-0.05, 0) is 63.5 Å². The van der Waals surface area contributed by atoms with Gasteiger partial charge in [0.25, 0.3) is 0 Å². The third-order valence-corrected chi connectivity index (χ3v) is 5.68. The van der Waals surface area contributed by atoms with Gasteiger partial charge in [-0.2, -0.15) is 0 Å². The number of hydrogen-bond donors (Lipinski definition) is 1. The Labute approximate surface area is 122 Å². The molecule has 0 aliphatic heterocycles. The van der Waals surface area contributed by atoms with E-state index in [4.69, 9.17) is 0 Å². The van der Waals surface area contributed by atoms with Gasteiger partial charge in [0, 0.05) is 17.5 Å². The molecule has 0 amide bonds. The smallest absolute Gasteiger partial charge is 0.0930 e. The highest BCUT2D eigenvalue weighted by Crippen LogP contribution is 2.39. The summed E-state index contributed by atoms with van der Waals surface area (Å²) < 4.78 is 0. The lowest BCUT2D eigenvalue weighted by Crippen LogP contribution is -2.34. The third-order valence-electron chi connectivity index (χ3n) is 4.69. The Kier molecular flexibility index (Phi) is 5.40. The van der Waals surface area contributed by atoms with Gasteiger partial charge in [-0.15, -0.1) is 11.3 Å². The molecule has 0 bridgehead atoms. The summed E-state index contributed by atoms with van der Waals surface area (Å²) in [5.74, 6) is 3.40. The number of hydrogen-bond acceptors (Lipinski definition) is 3. The Bertz CT molecular complexity index is 386. The van der Waals surface area contributed by atoms with E-state index in [2.05, 4.69) is 43.5 Å². The molecule has 0 radical (unpaired) electrons. The quantitative estimate of drug-likeness (QED) is 0.885. The van der Waals surface area contributed by atoms with E-state index in [-0.39, 0.29) is 0 Å². The van der Waals surface area contributed by atoms with Crippen LogP contribution in [0.2, 0.25) is 0 Å². The molecular formula is C16H28N2S. The zero-order valence-electron chi connectivity index (χ0n) is 12.8. The lowest BCUT2D eigenvalue weighted by molar-refractivity contribution is 0.146. The molecule has 1 aromatic rings. The molecule has 19 heavy (non-hydrogen) atoms. The van der Waals surface area contributed by atoms with E-state index in [9.17, 15) is 0 Å². The number of thiazole rings is 1. The van der Waals surface area contributed by atoms with Crippen LogP contribution in [0.3, 0.4) is 0 Å². The molecule has 1 fully saturated rings. The molecule has 1 aliphatic rings. The number of nitrogens with one attached hydrogen (secondary N) is 1. The van der Waals surface area contributed by atoms with Crippen molar-refractivity contribution in [2.24, 2.45) is 23.7 Å². The van der Waals surface area contributed by atoms with Gasteiger partial charge in [-0.3, -0.25) is 0 Å². The Morgan fingerprint density at radius 3 is 2.74 bits per heavy atom. The van der Waals surface area contributed by atoms with Crippen molar-refractivity contribution in [1.82, 2.24) is 10.3 Å². The van der Waals surface area contributed by atoms with Gasteiger partial charge in [0.15, 0.2) is 0 Å². The summed E-state index contributed by atoms with van der Waals surface area (Å²) in [6.45, 7) is 8.03. The van der Waals surface area contributed by atoms with Gasteiger partial charge in [0.05, 0.1) is 5.01 Å². The van der Waals surface area contributed by atoms with Crippen LogP contribution >= 0.6 is 11.3 Å². The number of aryl methyl sites for hydroxylation is 1. The molecule has 0 spiro atoms. The normalized spacial score (nSPS) is 27.9. The number of rotatable bonds is 5. The van der Waals surface area contributed by atoms with Crippen LogP contribution in [0.15, 0.2) is 5.38 Å². The van der Waals surface area contributed by atoms with E-state index in [0.29, 0.717) is 0 Å². The van der Waals surface area contributed by atoms with Crippen LogP contribution in [-0.4, -0.2) is 18.6 Å². The predicted octanol–water partition coefficient (Wildman–Crippen LogP) is 3.90. The molecular weight excluding hydrogens is 252 g/mol. The van der Waals surface area contributed by atoms with E-state index in [0.717, 1.165) is 23.7 Å². The summed E-state index contributed by atoms with van der Waals surface area (Å²) in [7, 11) is 2.08. The van der Waals surface area contributed by atoms with Crippen LogP contribution < -0.4 is 5.32 Å². The van der Waals surface area contributed by atoms with Gasteiger partial charge in [-0.1, -0.05) is 13.8 Å². The number of nitrogens with zero attached hydrogens (tertiary/aromatic N) is 1. The first-order chi connectivity index (χ1) is 9.10. The predicted molar refractivity (Wildman–Crippen MR) is 83.6 cm³/mol. The fourth-order valence-corrected chi connectivity index (χ4v) is 4.34. The molecule has 1 aromatic heterocycles. The van der Waals surface area contributed by atoms with Crippen LogP contribution in [0, 0.1) is 30.6 Å². The summed E-state index contributed by atoms with van der Waals surface area (Å²) in [5, 5.41) is 6.91. The summed E-state index contributed by atoms with van der Waals surface area (Å²) in [6.07, 6.45) is 5.38. The molecule has 1 saturated carbocycles. The first kappa shape index (κ1) is 15.0. The van der Waals surface area contributed by atoms with Gasteiger partial charge >= 0.3 is 0 Å². The van der Waals surface area contributed by atoms with E-state index in [1.165, 1.54) is 42.9 Å². The zero-order chi connectivity index (χ0) is 13.8. The molecule has 0 aromatic carbocycles. The van der Waals surface area contributed by atoms with E-state index >= 15 is 0 Å². The second-order valence-corrected chi connectivity index (χ2v) is 7.42. The fourth-order valence-electron chi connectivity index (χ4n) is 3.47. The van der Waals surface area contributed by atoms with E-state index < -0.39 is 0 Å². The molecule has 2 nitrogen and oxygen atoms in total. The Morgan fingerprint density at radius 1 is 1.37 bits per heavy atom. The van der Waals surface area contributed by atoms with Crippen LogP contribution in [0.1, 0.15) is 43.8 Å². The second kappa shape index (κ2) is 6.85. The summed E-state index contributed by atoms with van der Waals surface area (Å²) in [4.78, 5) is 4.67. The van der Waals surface area contributed by atoms with Crippen molar-refractivity contribution in [1.29, 1.82) is 0 Å². The molecule has 3 unspecified atom stereocenters. The van der Waals surface area contributed by atoms with Crippen molar-refractivity contribution in [2.45, 2.75) is 46.5 Å². The lowest BCUT2D eigenvalue weighted by atomic mass is 9.69. The minimum Gasteiger partial charge on any atom is -0.319 e. The average Bonchev–Trinajstić information content (AvgIpc) is 2.77. The van der Waals surface area contributed by atoms with Crippen LogP contribution in [-0.2, 0) is 6.42 Å². The maximum Gasteiger partial charge on any atom is 0.0930 e. The molecule has 3 atom stereocenters. The van der Waals surface area contributed by atoms with E-state index in [1.807, 2.05) is 11.3 Å². The topological polar surface area (TPSA) is 24.9 Å². The summed E-state index contributed by atoms with van der Waals surface area (Å²) >= 11 is 1.84. The monoisotopic (exact) mass is 280 g/mol. The highest BCUT2D eigenvalue weighted by Gasteiger charge is 2.31. The minimum atomic E-state index is 0.819. The largest absolute Gasteiger partial charge is 0.319 e. The second-order valence-electron chi connectivity index (χ2n) is 6.48. The highest BCUT2D eigenvalue weighted by molar-refractivity contribution is 7.09. The molecule has 2 rings (SSSR count). The average molecular weight is 280 g/mol. The fraction of sp³-hybridized carbons (Fsp3) is 0.812. The molecule has 1 aliphatic carbocycles. The van der Waals surface area contributed by atoms with Crippen LogP contribution in [0.25, 0.3) is 0 Å². The van der Waals surface area contributed by atoms with Gasteiger partial charge in [0.2, 0.25) is 0 Å². The molecule has 1 N–H and O–H groups in total. The van der Waals surface area contributed by atoms with Crippen molar-refractivity contribution in [2.75, 3.05) is 13.6 Å². The summed E-state index contributed by atoms with van der Waals surface area (Å²) in [6, 6.07) is 0. The van der Waals surface area contributed by atoms with Crippen molar-refractivity contribution >= 4 is 11.3 Å².